The molecule has 2 aromatic rings. The third-order valence-electron chi connectivity index (χ3n) is 2.01. The van der Waals surface area contributed by atoms with E-state index in [0.717, 1.165) is 21.7 Å². The van der Waals surface area contributed by atoms with Gasteiger partial charge in [-0.05, 0) is 22.9 Å². The van der Waals surface area contributed by atoms with E-state index in [0.29, 0.717) is 5.95 Å². The minimum atomic E-state index is 0.703. The van der Waals surface area contributed by atoms with E-state index >= 15 is 0 Å². The largest absolute Gasteiger partial charge is 0.338 e. The van der Waals surface area contributed by atoms with Gasteiger partial charge in [0.05, 0.1) is 21.7 Å². The molecule has 0 spiro atoms. The molecule has 0 aliphatic rings. The smallest absolute Gasteiger partial charge is 0.225 e. The third-order valence-corrected chi connectivity index (χ3v) is 3.25. The third kappa shape index (κ3) is 2.76. The lowest BCUT2D eigenvalue weighted by atomic mass is 10.4. The van der Waals surface area contributed by atoms with Crippen molar-refractivity contribution in [3.05, 3.63) is 32.9 Å². The van der Waals surface area contributed by atoms with Crippen molar-refractivity contribution >= 4 is 33.2 Å². The van der Waals surface area contributed by atoms with Crippen molar-refractivity contribution in [3.8, 4) is 0 Å². The molecule has 0 aliphatic heterocycles. The molecule has 84 valence electrons. The Morgan fingerprint density at radius 1 is 1.38 bits per heavy atom. The average molecular weight is 299 g/mol. The van der Waals surface area contributed by atoms with E-state index in [1.54, 1.807) is 23.7 Å². The maximum atomic E-state index is 4.41. The monoisotopic (exact) mass is 298 g/mol. The molecule has 0 radical (unpaired) electrons. The molecule has 0 bridgehead atoms. The average Bonchev–Trinajstić information content (AvgIpc) is 2.65. The Morgan fingerprint density at radius 3 is 2.62 bits per heavy atom. The molecule has 0 atom stereocenters. The fraction of sp³-hybridized carbons (Fsp3) is 0.300. The Labute approximate surface area is 107 Å². The van der Waals surface area contributed by atoms with Crippen LogP contribution in [-0.4, -0.2) is 22.0 Å². The molecule has 0 fully saturated rings. The Kier molecular flexibility index (Phi) is 3.50. The van der Waals surface area contributed by atoms with Gasteiger partial charge in [0.1, 0.15) is 0 Å². The lowest BCUT2D eigenvalue weighted by molar-refractivity contribution is 0.843. The normalized spacial score (nSPS) is 10.4. The molecule has 0 amide bonds. The molecule has 0 aliphatic carbocycles. The standard InChI is InChI=1S/C10H11BrN4S/c1-7-14-9(6-16-7)5-15(2)10-12-3-8(11)4-13-10/h3-4,6H,5H2,1-2H3. The van der Waals surface area contributed by atoms with Gasteiger partial charge < -0.3 is 4.90 Å². The number of anilines is 1. The van der Waals surface area contributed by atoms with E-state index in [-0.39, 0.29) is 0 Å². The van der Waals surface area contributed by atoms with E-state index in [4.69, 9.17) is 0 Å². The number of aryl methyl sites for hydroxylation is 1. The molecule has 2 aromatic heterocycles. The molecular weight excluding hydrogens is 288 g/mol. The highest BCUT2D eigenvalue weighted by atomic mass is 79.9. The Bertz CT molecular complexity index is 468. The summed E-state index contributed by atoms with van der Waals surface area (Å²) >= 11 is 4.97. The minimum absolute atomic E-state index is 0.703. The van der Waals surface area contributed by atoms with Gasteiger partial charge in [-0.1, -0.05) is 0 Å². The second kappa shape index (κ2) is 4.88. The van der Waals surface area contributed by atoms with Gasteiger partial charge in [-0.2, -0.15) is 0 Å². The first kappa shape index (κ1) is 11.5. The molecule has 0 saturated heterocycles. The maximum absolute atomic E-state index is 4.41. The summed E-state index contributed by atoms with van der Waals surface area (Å²) in [6, 6.07) is 0. The zero-order chi connectivity index (χ0) is 11.5. The first-order chi connectivity index (χ1) is 7.65. The van der Waals surface area contributed by atoms with Crippen molar-refractivity contribution in [1.82, 2.24) is 15.0 Å². The highest BCUT2D eigenvalue weighted by Crippen LogP contribution is 2.14. The molecule has 4 nitrogen and oxygen atoms in total. The van der Waals surface area contributed by atoms with E-state index in [9.17, 15) is 0 Å². The van der Waals surface area contributed by atoms with Crippen LogP contribution in [0.15, 0.2) is 22.2 Å². The fourth-order valence-electron chi connectivity index (χ4n) is 1.30. The zero-order valence-electron chi connectivity index (χ0n) is 9.01. The Hall–Kier alpha value is -1.01. The van der Waals surface area contributed by atoms with Gasteiger partial charge in [-0.15, -0.1) is 11.3 Å². The summed E-state index contributed by atoms with van der Waals surface area (Å²) in [4.78, 5) is 14.8. The van der Waals surface area contributed by atoms with E-state index in [2.05, 4.69) is 36.3 Å². The van der Waals surface area contributed by atoms with Gasteiger partial charge in [0.2, 0.25) is 5.95 Å². The second-order valence-electron chi connectivity index (χ2n) is 3.42. The minimum Gasteiger partial charge on any atom is -0.338 e. The second-order valence-corrected chi connectivity index (χ2v) is 5.39. The summed E-state index contributed by atoms with van der Waals surface area (Å²) in [5, 5.41) is 3.14. The van der Waals surface area contributed by atoms with Crippen molar-refractivity contribution in [1.29, 1.82) is 0 Å². The lowest BCUT2D eigenvalue weighted by Gasteiger charge is -2.14. The van der Waals surface area contributed by atoms with Gasteiger partial charge in [0.15, 0.2) is 0 Å². The lowest BCUT2D eigenvalue weighted by Crippen LogP contribution is -2.19. The molecular formula is C10H11BrN4S. The predicted octanol–water partition coefficient (Wildman–Crippen LogP) is 2.64. The quantitative estimate of drug-likeness (QED) is 0.874. The first-order valence-corrected chi connectivity index (χ1v) is 6.42. The number of hydrogen-bond donors (Lipinski definition) is 0. The van der Waals surface area contributed by atoms with Crippen molar-refractivity contribution in [2.24, 2.45) is 0 Å². The highest BCUT2D eigenvalue weighted by Gasteiger charge is 2.06. The fourth-order valence-corrected chi connectivity index (χ4v) is 2.11. The SMILES string of the molecule is Cc1nc(CN(C)c2ncc(Br)cn2)cs1. The van der Waals surface area contributed by atoms with Crippen LogP contribution in [0.1, 0.15) is 10.7 Å². The van der Waals surface area contributed by atoms with Crippen molar-refractivity contribution in [2.45, 2.75) is 13.5 Å². The van der Waals surface area contributed by atoms with Crippen molar-refractivity contribution < 1.29 is 0 Å². The summed E-state index contributed by atoms with van der Waals surface area (Å²) in [6.07, 6.45) is 3.48. The van der Waals surface area contributed by atoms with Crippen LogP contribution in [0.3, 0.4) is 0 Å². The van der Waals surface area contributed by atoms with Crippen LogP contribution >= 0.6 is 27.3 Å². The van der Waals surface area contributed by atoms with Crippen LogP contribution < -0.4 is 4.90 Å². The number of rotatable bonds is 3. The Morgan fingerprint density at radius 2 is 2.06 bits per heavy atom. The van der Waals surface area contributed by atoms with Gasteiger partial charge in [-0.25, -0.2) is 15.0 Å². The van der Waals surface area contributed by atoms with E-state index in [1.165, 1.54) is 0 Å². The number of hydrogen-bond acceptors (Lipinski definition) is 5. The topological polar surface area (TPSA) is 41.9 Å². The number of halogens is 1. The molecule has 2 rings (SSSR count). The molecule has 0 unspecified atom stereocenters. The summed E-state index contributed by atoms with van der Waals surface area (Å²) in [5.41, 5.74) is 1.05. The van der Waals surface area contributed by atoms with Crippen LogP contribution in [0, 0.1) is 6.92 Å². The van der Waals surface area contributed by atoms with Crippen molar-refractivity contribution in [2.75, 3.05) is 11.9 Å². The zero-order valence-corrected chi connectivity index (χ0v) is 11.4. The van der Waals surface area contributed by atoms with Gasteiger partial charge in [0, 0.05) is 24.8 Å². The maximum Gasteiger partial charge on any atom is 0.225 e. The van der Waals surface area contributed by atoms with E-state index < -0.39 is 0 Å². The summed E-state index contributed by atoms with van der Waals surface area (Å²) < 4.78 is 0.883. The molecule has 2 heterocycles. The van der Waals surface area contributed by atoms with Crippen LogP contribution in [0.4, 0.5) is 5.95 Å². The number of aromatic nitrogens is 3. The van der Waals surface area contributed by atoms with Gasteiger partial charge in [0.25, 0.3) is 0 Å². The molecule has 0 N–H and O–H groups in total. The predicted molar refractivity (Wildman–Crippen MR) is 68.7 cm³/mol. The van der Waals surface area contributed by atoms with Crippen molar-refractivity contribution in [3.63, 3.8) is 0 Å². The summed E-state index contributed by atoms with van der Waals surface area (Å²) in [5.74, 6) is 0.703. The van der Waals surface area contributed by atoms with Crippen LogP contribution in [0.5, 0.6) is 0 Å². The molecule has 16 heavy (non-hydrogen) atoms. The summed E-state index contributed by atoms with van der Waals surface area (Å²) in [6.45, 7) is 2.73. The number of thiazole rings is 1. The first-order valence-electron chi connectivity index (χ1n) is 4.75. The van der Waals surface area contributed by atoms with Crippen LogP contribution in [-0.2, 0) is 6.54 Å². The van der Waals surface area contributed by atoms with E-state index in [1.807, 2.05) is 18.9 Å². The Balaban J connectivity index is 2.08. The van der Waals surface area contributed by atoms with Crippen LogP contribution in [0.2, 0.25) is 0 Å². The van der Waals surface area contributed by atoms with Gasteiger partial charge in [-0.3, -0.25) is 0 Å². The highest BCUT2D eigenvalue weighted by molar-refractivity contribution is 9.10. The molecule has 0 aromatic carbocycles. The summed E-state index contributed by atoms with van der Waals surface area (Å²) in [7, 11) is 1.96. The number of nitrogens with zero attached hydrogens (tertiary/aromatic N) is 4. The van der Waals surface area contributed by atoms with Crippen LogP contribution in [0.25, 0.3) is 0 Å². The molecule has 6 heteroatoms. The molecule has 0 saturated carbocycles. The van der Waals surface area contributed by atoms with Gasteiger partial charge >= 0.3 is 0 Å².